The molecule has 0 radical (unpaired) electrons. The minimum atomic E-state index is -0.162. The third-order valence-corrected chi connectivity index (χ3v) is 4.96. The van der Waals surface area contributed by atoms with Crippen molar-refractivity contribution in [3.8, 4) is 22.8 Å². The number of hydrogen-bond acceptors (Lipinski definition) is 8. The molecule has 0 saturated heterocycles. The smallest absolute Gasteiger partial charge is 0.261 e. The Bertz CT molecular complexity index is 1330. The first-order valence-corrected chi connectivity index (χ1v) is 9.49. The van der Waals surface area contributed by atoms with Gasteiger partial charge >= 0.3 is 0 Å². The van der Waals surface area contributed by atoms with Crippen LogP contribution in [0.15, 0.2) is 47.7 Å². The number of rotatable bonds is 5. The average Bonchev–Trinajstić information content (AvgIpc) is 2.76. The lowest BCUT2D eigenvalue weighted by Gasteiger charge is -2.15. The number of nitrogens with zero attached hydrogens (tertiary/aromatic N) is 4. The molecule has 9 heteroatoms. The zero-order chi connectivity index (χ0) is 22.1. The van der Waals surface area contributed by atoms with Crippen LogP contribution < -0.4 is 26.1 Å². The van der Waals surface area contributed by atoms with Gasteiger partial charge in [-0.2, -0.15) is 0 Å². The number of benzene rings is 1. The van der Waals surface area contributed by atoms with Gasteiger partial charge in [0, 0.05) is 43.0 Å². The summed E-state index contributed by atoms with van der Waals surface area (Å²) in [7, 11) is 4.87. The molecule has 0 atom stereocenters. The first kappa shape index (κ1) is 20.1. The van der Waals surface area contributed by atoms with E-state index in [2.05, 4.69) is 15.3 Å². The molecule has 0 aliphatic heterocycles. The number of ether oxygens (including phenoxy) is 2. The van der Waals surface area contributed by atoms with E-state index in [0.717, 1.165) is 10.9 Å². The first-order chi connectivity index (χ1) is 14.9. The van der Waals surface area contributed by atoms with Crippen LogP contribution in [0.2, 0.25) is 0 Å². The molecule has 158 valence electrons. The molecule has 0 bridgehead atoms. The molecule has 0 unspecified atom stereocenters. The van der Waals surface area contributed by atoms with Crippen LogP contribution in [0, 0.1) is 6.92 Å². The van der Waals surface area contributed by atoms with Crippen LogP contribution >= 0.6 is 0 Å². The Morgan fingerprint density at radius 1 is 1.10 bits per heavy atom. The number of anilines is 3. The second kappa shape index (κ2) is 7.94. The number of nitrogens with two attached hydrogens (primary N) is 1. The molecule has 4 rings (SSSR count). The second-order valence-corrected chi connectivity index (χ2v) is 7.04. The van der Waals surface area contributed by atoms with Gasteiger partial charge in [-0.3, -0.25) is 4.79 Å². The highest BCUT2D eigenvalue weighted by molar-refractivity contribution is 5.95. The molecule has 3 N–H and O–H groups in total. The Morgan fingerprint density at radius 2 is 1.84 bits per heavy atom. The van der Waals surface area contributed by atoms with Gasteiger partial charge in [0.2, 0.25) is 5.95 Å². The molecule has 3 aromatic heterocycles. The van der Waals surface area contributed by atoms with Gasteiger partial charge in [0.15, 0.2) is 11.5 Å². The van der Waals surface area contributed by atoms with Crippen molar-refractivity contribution >= 4 is 28.2 Å². The fourth-order valence-corrected chi connectivity index (χ4v) is 3.43. The first-order valence-electron chi connectivity index (χ1n) is 9.49. The summed E-state index contributed by atoms with van der Waals surface area (Å²) in [5.74, 6) is 1.81. The Morgan fingerprint density at radius 3 is 2.52 bits per heavy atom. The van der Waals surface area contributed by atoms with E-state index < -0.39 is 0 Å². The summed E-state index contributed by atoms with van der Waals surface area (Å²) in [6.07, 6.45) is 4.92. The van der Waals surface area contributed by atoms with Gasteiger partial charge < -0.3 is 25.1 Å². The van der Waals surface area contributed by atoms with Crippen LogP contribution in [0.25, 0.3) is 22.0 Å². The third-order valence-electron chi connectivity index (χ3n) is 4.96. The predicted octanol–water partition coefficient (Wildman–Crippen LogP) is 3.04. The summed E-state index contributed by atoms with van der Waals surface area (Å²) >= 11 is 0. The third kappa shape index (κ3) is 3.73. The van der Waals surface area contributed by atoms with Crippen LogP contribution in [0.1, 0.15) is 5.56 Å². The number of methoxy groups -OCH3 is 2. The van der Waals surface area contributed by atoms with E-state index in [0.29, 0.717) is 39.6 Å². The van der Waals surface area contributed by atoms with E-state index in [1.807, 2.05) is 25.1 Å². The van der Waals surface area contributed by atoms with Crippen molar-refractivity contribution in [2.24, 2.45) is 7.05 Å². The number of aryl methyl sites for hydroxylation is 2. The topological polar surface area (TPSA) is 117 Å². The summed E-state index contributed by atoms with van der Waals surface area (Å²) in [5.41, 5.74) is 8.33. The normalized spacial score (nSPS) is 10.8. The standard InChI is InChI=1S/C22H22N6O3/c1-12-7-15(9-17(30-3)19(12)31-4)26-20-18-13(5-6-28(2)21(18)29)8-16(27-20)14-10-24-22(23)25-11-14/h5-11H,1-4H3,(H,26,27)(H2,23,24,25). The van der Waals surface area contributed by atoms with Crippen molar-refractivity contribution in [3.63, 3.8) is 0 Å². The van der Waals surface area contributed by atoms with Gasteiger partial charge in [0.1, 0.15) is 5.82 Å². The second-order valence-electron chi connectivity index (χ2n) is 7.04. The summed E-state index contributed by atoms with van der Waals surface area (Å²) < 4.78 is 12.4. The Hall–Kier alpha value is -4.14. The lowest BCUT2D eigenvalue weighted by Crippen LogP contribution is -2.17. The highest BCUT2D eigenvalue weighted by Crippen LogP contribution is 2.36. The zero-order valence-corrected chi connectivity index (χ0v) is 17.6. The Balaban J connectivity index is 1.91. The van der Waals surface area contributed by atoms with Gasteiger partial charge in [-0.05, 0) is 36.1 Å². The number of pyridine rings is 2. The lowest BCUT2D eigenvalue weighted by atomic mass is 10.1. The molecule has 0 aliphatic rings. The maximum Gasteiger partial charge on any atom is 0.261 e. The largest absolute Gasteiger partial charge is 0.493 e. The van der Waals surface area contributed by atoms with E-state index in [1.54, 1.807) is 45.9 Å². The number of hydrogen-bond donors (Lipinski definition) is 2. The van der Waals surface area contributed by atoms with E-state index in [1.165, 1.54) is 4.57 Å². The molecular weight excluding hydrogens is 396 g/mol. The number of fused-ring (bicyclic) bond motifs is 1. The molecule has 0 aliphatic carbocycles. The lowest BCUT2D eigenvalue weighted by molar-refractivity contribution is 0.353. The quantitative estimate of drug-likeness (QED) is 0.508. The summed E-state index contributed by atoms with van der Waals surface area (Å²) in [6, 6.07) is 7.40. The van der Waals surface area contributed by atoms with Crippen LogP contribution in [-0.2, 0) is 7.05 Å². The van der Waals surface area contributed by atoms with E-state index in [9.17, 15) is 4.79 Å². The van der Waals surface area contributed by atoms with Gasteiger partial charge in [0.05, 0.1) is 25.3 Å². The molecule has 0 spiro atoms. The average molecular weight is 418 g/mol. The van der Waals surface area contributed by atoms with Gasteiger partial charge in [-0.25, -0.2) is 15.0 Å². The summed E-state index contributed by atoms with van der Waals surface area (Å²) in [5, 5.41) is 4.49. The van der Waals surface area contributed by atoms with Crippen molar-refractivity contribution in [1.82, 2.24) is 19.5 Å². The fraction of sp³-hybridized carbons (Fsp3) is 0.182. The van der Waals surface area contributed by atoms with Gasteiger partial charge in [-0.1, -0.05) is 0 Å². The van der Waals surface area contributed by atoms with Crippen molar-refractivity contribution in [1.29, 1.82) is 0 Å². The molecular formula is C22H22N6O3. The number of aromatic nitrogens is 4. The maximum absolute atomic E-state index is 12.9. The molecule has 31 heavy (non-hydrogen) atoms. The zero-order valence-electron chi connectivity index (χ0n) is 17.6. The summed E-state index contributed by atoms with van der Waals surface area (Å²) in [6.45, 7) is 1.92. The van der Waals surface area contributed by atoms with Crippen molar-refractivity contribution in [2.45, 2.75) is 6.92 Å². The monoisotopic (exact) mass is 418 g/mol. The van der Waals surface area contributed by atoms with Gasteiger partial charge in [0.25, 0.3) is 5.56 Å². The molecule has 1 aromatic carbocycles. The fourth-order valence-electron chi connectivity index (χ4n) is 3.43. The van der Waals surface area contributed by atoms with E-state index >= 15 is 0 Å². The predicted molar refractivity (Wildman–Crippen MR) is 120 cm³/mol. The van der Waals surface area contributed by atoms with Crippen LogP contribution in [0.4, 0.5) is 17.5 Å². The molecule has 0 saturated carbocycles. The van der Waals surface area contributed by atoms with Crippen molar-refractivity contribution < 1.29 is 9.47 Å². The SMILES string of the molecule is COc1cc(Nc2nc(-c3cnc(N)nc3)cc3ccn(C)c(=O)c23)cc(C)c1OC. The van der Waals surface area contributed by atoms with Crippen LogP contribution in [-0.4, -0.2) is 33.7 Å². The maximum atomic E-state index is 12.9. The molecule has 0 fully saturated rings. The van der Waals surface area contributed by atoms with E-state index in [-0.39, 0.29) is 11.5 Å². The minimum absolute atomic E-state index is 0.162. The minimum Gasteiger partial charge on any atom is -0.493 e. The molecule has 4 aromatic rings. The number of nitrogen functional groups attached to an aromatic ring is 1. The molecule has 3 heterocycles. The van der Waals surface area contributed by atoms with Crippen LogP contribution in [0.3, 0.4) is 0 Å². The van der Waals surface area contributed by atoms with Gasteiger partial charge in [-0.15, -0.1) is 0 Å². The van der Waals surface area contributed by atoms with Crippen molar-refractivity contribution in [2.75, 3.05) is 25.3 Å². The highest BCUT2D eigenvalue weighted by atomic mass is 16.5. The van der Waals surface area contributed by atoms with Crippen LogP contribution in [0.5, 0.6) is 11.5 Å². The highest BCUT2D eigenvalue weighted by Gasteiger charge is 2.15. The van der Waals surface area contributed by atoms with E-state index in [4.69, 9.17) is 20.2 Å². The number of nitrogens with one attached hydrogen (secondary N) is 1. The molecule has 0 amide bonds. The van der Waals surface area contributed by atoms with Crippen molar-refractivity contribution in [3.05, 3.63) is 58.8 Å². The Kier molecular flexibility index (Phi) is 5.16. The molecule has 9 nitrogen and oxygen atoms in total. The summed E-state index contributed by atoms with van der Waals surface area (Å²) in [4.78, 5) is 25.7. The Labute approximate surface area is 178 Å².